The summed E-state index contributed by atoms with van der Waals surface area (Å²) in [6.07, 6.45) is 7.29. The van der Waals surface area contributed by atoms with Crippen LogP contribution in [0.5, 0.6) is 0 Å². The highest BCUT2D eigenvalue weighted by molar-refractivity contribution is 7.17. The molecule has 0 saturated carbocycles. The van der Waals surface area contributed by atoms with Crippen molar-refractivity contribution in [2.24, 2.45) is 4.99 Å². The molecule has 0 saturated heterocycles. The fourth-order valence-electron chi connectivity index (χ4n) is 4.83. The van der Waals surface area contributed by atoms with E-state index in [1.54, 1.807) is 11.3 Å². The molecule has 0 aliphatic heterocycles. The smallest absolute Gasteiger partial charge is 0.124 e. The summed E-state index contributed by atoms with van der Waals surface area (Å²) in [4.78, 5) is 6.30. The minimum absolute atomic E-state index is 0.946. The van der Waals surface area contributed by atoms with Crippen molar-refractivity contribution in [1.29, 1.82) is 0 Å². The highest BCUT2D eigenvalue weighted by atomic mass is 32.1. The van der Waals surface area contributed by atoms with E-state index in [1.165, 1.54) is 38.3 Å². The molecule has 1 heterocycles. The van der Waals surface area contributed by atoms with E-state index in [4.69, 9.17) is 4.99 Å². The number of aryl methyl sites for hydroxylation is 4. The Morgan fingerprint density at radius 1 is 0.921 bits per heavy atom. The Labute approximate surface area is 235 Å². The minimum atomic E-state index is 0.946. The zero-order chi connectivity index (χ0) is 27.8. The second kappa shape index (κ2) is 13.6. The van der Waals surface area contributed by atoms with Crippen LogP contribution in [0.1, 0.15) is 91.3 Å². The van der Waals surface area contributed by atoms with E-state index in [1.807, 2.05) is 0 Å². The van der Waals surface area contributed by atoms with Crippen LogP contribution < -0.4 is 0 Å². The molecule has 0 atom stereocenters. The third-order valence-corrected chi connectivity index (χ3v) is 8.32. The molecule has 0 spiro atoms. The van der Waals surface area contributed by atoms with Crippen LogP contribution in [-0.4, -0.2) is 5.71 Å². The fraction of sp³-hybridized carbons (Fsp3) is 0.333. The van der Waals surface area contributed by atoms with Gasteiger partial charge in [-0.2, -0.15) is 0 Å². The zero-order valence-corrected chi connectivity index (χ0v) is 25.2. The lowest BCUT2D eigenvalue weighted by Crippen LogP contribution is -1.97. The predicted octanol–water partition coefficient (Wildman–Crippen LogP) is 10.9. The van der Waals surface area contributed by atoms with E-state index >= 15 is 0 Å². The van der Waals surface area contributed by atoms with Gasteiger partial charge in [-0.15, -0.1) is 17.1 Å². The molecular weight excluding hydrogens is 478 g/mol. The maximum Gasteiger partial charge on any atom is 0.124 e. The largest absolute Gasteiger partial charge is 0.241 e. The van der Waals surface area contributed by atoms with Gasteiger partial charge in [-0.25, -0.2) is 4.99 Å². The standard InChI is InChI=1S/C36H43NS/c1-10-12-32(28(9)37-36-34(24(3)4)27(8)35(38-36)25(5)6)20-18-30-19-22-33(31(11-2)23-30)21-17-29-15-13-26(7)14-16-29/h13-16,18-19,22-23H,3,5,10-12,17,21H2,1-2,4,6-9H3/b37-28+. The summed E-state index contributed by atoms with van der Waals surface area (Å²) in [5, 5.41) is 1.02. The maximum absolute atomic E-state index is 5.10. The molecule has 3 aromatic rings. The number of nitrogens with zero attached hydrogens (tertiary/aromatic N) is 1. The van der Waals surface area contributed by atoms with Crippen LogP contribution in [0, 0.1) is 13.8 Å². The summed E-state index contributed by atoms with van der Waals surface area (Å²) < 4.78 is 0. The van der Waals surface area contributed by atoms with E-state index in [2.05, 4.69) is 116 Å². The number of aliphatic imine (C=N–C) groups is 1. The monoisotopic (exact) mass is 521 g/mol. The molecule has 2 heteroatoms. The van der Waals surface area contributed by atoms with E-state index in [-0.39, 0.29) is 0 Å². The van der Waals surface area contributed by atoms with E-state index < -0.39 is 0 Å². The second-order valence-electron chi connectivity index (χ2n) is 10.4. The highest BCUT2D eigenvalue weighted by Gasteiger charge is 2.16. The Bertz CT molecular complexity index is 1400. The quantitative estimate of drug-likeness (QED) is 0.176. The van der Waals surface area contributed by atoms with Crippen LogP contribution in [0.2, 0.25) is 0 Å². The minimum Gasteiger partial charge on any atom is -0.241 e. The third kappa shape index (κ3) is 7.44. The van der Waals surface area contributed by atoms with E-state index in [9.17, 15) is 0 Å². The number of rotatable bonds is 11. The number of hydrogen-bond donors (Lipinski definition) is 0. The van der Waals surface area contributed by atoms with Crippen molar-refractivity contribution in [2.75, 3.05) is 0 Å². The van der Waals surface area contributed by atoms with Gasteiger partial charge in [0.25, 0.3) is 0 Å². The summed E-state index contributed by atoms with van der Waals surface area (Å²) in [7, 11) is 0. The van der Waals surface area contributed by atoms with Crippen LogP contribution in [-0.2, 0) is 19.3 Å². The lowest BCUT2D eigenvalue weighted by atomic mass is 9.96. The molecule has 1 aromatic heterocycles. The van der Waals surface area contributed by atoms with Crippen molar-refractivity contribution in [2.45, 2.75) is 80.6 Å². The molecule has 0 bridgehead atoms. The Balaban J connectivity index is 1.91. The van der Waals surface area contributed by atoms with Gasteiger partial charge in [0.05, 0.1) is 0 Å². The molecule has 38 heavy (non-hydrogen) atoms. The summed E-state index contributed by atoms with van der Waals surface area (Å²) in [5.41, 5.74) is 17.1. The van der Waals surface area contributed by atoms with Crippen molar-refractivity contribution in [3.05, 3.63) is 111 Å². The third-order valence-electron chi connectivity index (χ3n) is 6.98. The van der Waals surface area contributed by atoms with Gasteiger partial charge in [-0.3, -0.25) is 0 Å². The van der Waals surface area contributed by atoms with Gasteiger partial charge in [-0.05, 0) is 105 Å². The molecular formula is C36H43NS. The van der Waals surface area contributed by atoms with E-state index in [0.717, 1.165) is 65.1 Å². The van der Waals surface area contributed by atoms with Crippen molar-refractivity contribution >= 4 is 39.3 Å². The summed E-state index contributed by atoms with van der Waals surface area (Å²) >= 11 is 1.71. The van der Waals surface area contributed by atoms with Crippen molar-refractivity contribution < 1.29 is 0 Å². The summed E-state index contributed by atoms with van der Waals surface area (Å²) in [6.45, 7) is 23.4. The average Bonchev–Trinajstić information content (AvgIpc) is 3.22. The highest BCUT2D eigenvalue weighted by Crippen LogP contribution is 2.42. The maximum atomic E-state index is 5.10. The van der Waals surface area contributed by atoms with Gasteiger partial charge in [0.1, 0.15) is 5.00 Å². The Morgan fingerprint density at radius 3 is 2.24 bits per heavy atom. The SMILES string of the molecule is C=C(C)c1sc(/N=C(\C)C(=C=Cc2ccc(CCc3ccc(C)cc3)c(CC)c2)CCC)c(C(=C)C)c1C. The Hall–Kier alpha value is -3.19. The van der Waals surface area contributed by atoms with Crippen LogP contribution >= 0.6 is 11.3 Å². The number of allylic oxidation sites excluding steroid dienone is 3. The van der Waals surface area contributed by atoms with Crippen LogP contribution in [0.25, 0.3) is 17.2 Å². The predicted molar refractivity (Wildman–Crippen MR) is 172 cm³/mol. The van der Waals surface area contributed by atoms with Gasteiger partial charge < -0.3 is 0 Å². The molecule has 0 amide bonds. The first-order valence-corrected chi connectivity index (χ1v) is 14.6. The lowest BCUT2D eigenvalue weighted by molar-refractivity contribution is 0.929. The molecule has 0 fully saturated rings. The van der Waals surface area contributed by atoms with Crippen molar-refractivity contribution in [1.82, 2.24) is 0 Å². The van der Waals surface area contributed by atoms with Gasteiger partial charge >= 0.3 is 0 Å². The molecule has 0 aliphatic rings. The first-order valence-electron chi connectivity index (χ1n) is 13.8. The number of thiophene rings is 1. The molecule has 198 valence electrons. The van der Waals surface area contributed by atoms with Crippen LogP contribution in [0.15, 0.2) is 71.9 Å². The first-order chi connectivity index (χ1) is 18.1. The van der Waals surface area contributed by atoms with Gasteiger partial charge in [0.2, 0.25) is 0 Å². The van der Waals surface area contributed by atoms with E-state index in [0.29, 0.717) is 0 Å². The van der Waals surface area contributed by atoms with Gasteiger partial charge in [-0.1, -0.05) is 81.5 Å². The molecule has 0 aliphatic carbocycles. The van der Waals surface area contributed by atoms with Crippen LogP contribution in [0.3, 0.4) is 0 Å². The second-order valence-corrected chi connectivity index (χ2v) is 11.4. The Kier molecular flexibility index (Phi) is 10.5. The molecule has 1 nitrogen and oxygen atoms in total. The average molecular weight is 522 g/mol. The molecule has 0 N–H and O–H groups in total. The number of hydrogen-bond acceptors (Lipinski definition) is 2. The fourth-order valence-corrected chi connectivity index (χ4v) is 6.06. The Morgan fingerprint density at radius 2 is 1.63 bits per heavy atom. The zero-order valence-electron chi connectivity index (χ0n) is 24.4. The molecule has 3 rings (SSSR count). The van der Waals surface area contributed by atoms with Crippen molar-refractivity contribution in [3.8, 4) is 0 Å². The van der Waals surface area contributed by atoms with Crippen LogP contribution in [0.4, 0.5) is 5.00 Å². The molecule has 2 aromatic carbocycles. The summed E-state index contributed by atoms with van der Waals surface area (Å²) in [6, 6.07) is 15.8. The van der Waals surface area contributed by atoms with Crippen molar-refractivity contribution in [3.63, 3.8) is 0 Å². The first kappa shape index (κ1) is 29.4. The molecule has 0 unspecified atom stereocenters. The topological polar surface area (TPSA) is 12.4 Å². The molecule has 0 radical (unpaired) electrons. The lowest BCUT2D eigenvalue weighted by Gasteiger charge is -2.10. The summed E-state index contributed by atoms with van der Waals surface area (Å²) in [5.74, 6) is 0. The van der Waals surface area contributed by atoms with Gasteiger partial charge in [0.15, 0.2) is 0 Å². The number of benzene rings is 2. The van der Waals surface area contributed by atoms with Gasteiger partial charge in [0, 0.05) is 21.7 Å². The normalized spacial score (nSPS) is 11.3.